The van der Waals surface area contributed by atoms with Crippen molar-refractivity contribution in [2.45, 2.75) is 13.5 Å². The number of Topliss-reactive ketones (excluding diaryl/α,β-unsaturated/α-hetero) is 1. The molecule has 4 rings (SSSR count). The van der Waals surface area contributed by atoms with Crippen LogP contribution in [-0.2, 0) is 6.54 Å². The van der Waals surface area contributed by atoms with E-state index in [1.54, 1.807) is 23.3 Å². The van der Waals surface area contributed by atoms with E-state index >= 15 is 0 Å². The summed E-state index contributed by atoms with van der Waals surface area (Å²) in [4.78, 5) is 32.8. The smallest absolute Gasteiger partial charge is 0.278 e. The average Bonchev–Trinajstić information content (AvgIpc) is 3.43. The highest BCUT2D eigenvalue weighted by Crippen LogP contribution is 2.23. The second kappa shape index (κ2) is 7.57. The summed E-state index contributed by atoms with van der Waals surface area (Å²) < 4.78 is 7.03. The fraction of sp³-hybridized carbons (Fsp3) is 0.105. The van der Waals surface area contributed by atoms with Gasteiger partial charge >= 0.3 is 0 Å². The van der Waals surface area contributed by atoms with E-state index in [0.717, 1.165) is 10.6 Å². The highest BCUT2D eigenvalue weighted by molar-refractivity contribution is 7.13. The molecule has 9 heteroatoms. The number of amides is 1. The Balaban J connectivity index is 1.46. The molecule has 0 bridgehead atoms. The number of carbonyl (C=O) groups is 2. The molecule has 0 saturated carbocycles. The minimum Gasteiger partial charge on any atom is -0.443 e. The first-order chi connectivity index (χ1) is 13.6. The predicted octanol–water partition coefficient (Wildman–Crippen LogP) is 3.50. The van der Waals surface area contributed by atoms with Crippen LogP contribution in [0.3, 0.4) is 0 Å². The molecule has 0 spiro atoms. The zero-order valence-corrected chi connectivity index (χ0v) is 15.6. The lowest BCUT2D eigenvalue weighted by Gasteiger charge is -2.02. The summed E-state index contributed by atoms with van der Waals surface area (Å²) in [5, 5.41) is 7.75. The van der Waals surface area contributed by atoms with Crippen molar-refractivity contribution in [2.24, 2.45) is 0 Å². The summed E-state index contributed by atoms with van der Waals surface area (Å²) in [6.45, 7) is 1.92. The minimum atomic E-state index is -0.389. The number of carbonyl (C=O) groups excluding carboxylic acids is 2. The summed E-state index contributed by atoms with van der Waals surface area (Å²) in [6.07, 6.45) is 6.04. The fourth-order valence-corrected chi connectivity index (χ4v) is 3.40. The number of anilines is 1. The van der Waals surface area contributed by atoms with E-state index in [4.69, 9.17) is 4.42 Å². The van der Waals surface area contributed by atoms with Crippen LogP contribution in [-0.4, -0.2) is 31.4 Å². The summed E-state index contributed by atoms with van der Waals surface area (Å²) in [5.41, 5.74) is 1.49. The van der Waals surface area contributed by atoms with Crippen molar-refractivity contribution in [1.29, 1.82) is 0 Å². The van der Waals surface area contributed by atoms with Gasteiger partial charge in [0.2, 0.25) is 0 Å². The molecular weight excluding hydrogens is 378 g/mol. The van der Waals surface area contributed by atoms with Crippen molar-refractivity contribution in [3.05, 3.63) is 70.9 Å². The molecule has 1 N–H and O–H groups in total. The van der Waals surface area contributed by atoms with Gasteiger partial charge in [0, 0.05) is 24.9 Å². The van der Waals surface area contributed by atoms with Crippen LogP contribution in [0.2, 0.25) is 0 Å². The molecule has 0 saturated heterocycles. The van der Waals surface area contributed by atoms with E-state index in [-0.39, 0.29) is 17.4 Å². The van der Waals surface area contributed by atoms with E-state index in [0.29, 0.717) is 22.9 Å². The first-order valence-electron chi connectivity index (χ1n) is 8.38. The number of aromatic nitrogens is 4. The summed E-state index contributed by atoms with van der Waals surface area (Å²) in [5.74, 6) is 0.00399. The number of hydrogen-bond acceptors (Lipinski definition) is 7. The number of benzene rings is 1. The fourth-order valence-electron chi connectivity index (χ4n) is 2.59. The van der Waals surface area contributed by atoms with E-state index in [1.807, 2.05) is 30.3 Å². The Kier molecular flexibility index (Phi) is 4.81. The molecule has 140 valence electrons. The van der Waals surface area contributed by atoms with Crippen molar-refractivity contribution in [3.8, 4) is 11.3 Å². The van der Waals surface area contributed by atoms with Gasteiger partial charge in [-0.05, 0) is 0 Å². The molecule has 0 radical (unpaired) electrons. The van der Waals surface area contributed by atoms with Crippen LogP contribution in [0.5, 0.6) is 0 Å². The number of rotatable bonds is 6. The third-order valence-electron chi connectivity index (χ3n) is 3.91. The molecule has 1 amide bonds. The third kappa shape index (κ3) is 3.74. The molecule has 1 aromatic carbocycles. The van der Waals surface area contributed by atoms with Gasteiger partial charge in [-0.2, -0.15) is 5.10 Å². The molecule has 0 atom stereocenters. The number of oxazole rings is 1. The Hall–Kier alpha value is -3.59. The second-order valence-corrected chi connectivity index (χ2v) is 7.07. The molecule has 4 aromatic rings. The monoisotopic (exact) mass is 393 g/mol. The van der Waals surface area contributed by atoms with E-state index < -0.39 is 0 Å². The normalized spacial score (nSPS) is 10.8. The lowest BCUT2D eigenvalue weighted by molar-refractivity contribution is 0.101. The predicted molar refractivity (Wildman–Crippen MR) is 103 cm³/mol. The number of nitrogens with zero attached hydrogens (tertiary/aromatic N) is 4. The zero-order valence-electron chi connectivity index (χ0n) is 14.8. The quantitative estimate of drug-likeness (QED) is 0.503. The number of thiazole rings is 1. The molecule has 28 heavy (non-hydrogen) atoms. The minimum absolute atomic E-state index is 0.0148. The molecule has 3 heterocycles. The SMILES string of the molecule is CC(=O)c1cnc(Cn2cc(NC(=O)c3ncoc3-c3ccccc3)cn2)s1. The molecule has 0 unspecified atom stereocenters. The van der Waals surface area contributed by atoms with Crippen molar-refractivity contribution in [1.82, 2.24) is 19.7 Å². The van der Waals surface area contributed by atoms with E-state index in [1.165, 1.54) is 24.7 Å². The number of nitrogens with one attached hydrogen (secondary N) is 1. The molecule has 0 aliphatic heterocycles. The molecule has 3 aromatic heterocycles. The van der Waals surface area contributed by atoms with Gasteiger partial charge in [0.15, 0.2) is 23.6 Å². The van der Waals surface area contributed by atoms with Crippen LogP contribution in [0.15, 0.2) is 59.7 Å². The summed E-state index contributed by atoms with van der Waals surface area (Å²) in [6, 6.07) is 9.30. The number of hydrogen-bond donors (Lipinski definition) is 1. The number of ketones is 1. The van der Waals surface area contributed by atoms with Gasteiger partial charge in [-0.15, -0.1) is 11.3 Å². The van der Waals surface area contributed by atoms with Crippen LogP contribution < -0.4 is 5.32 Å². The Bertz CT molecular complexity index is 1130. The van der Waals surface area contributed by atoms with Gasteiger partial charge in [-0.25, -0.2) is 9.97 Å². The van der Waals surface area contributed by atoms with Gasteiger partial charge in [0.05, 0.1) is 23.3 Å². The maximum absolute atomic E-state index is 12.6. The lowest BCUT2D eigenvalue weighted by Crippen LogP contribution is -2.13. The van der Waals surface area contributed by atoms with Crippen LogP contribution in [0, 0.1) is 0 Å². The van der Waals surface area contributed by atoms with E-state index in [9.17, 15) is 9.59 Å². The Morgan fingerprint density at radius 2 is 2.00 bits per heavy atom. The average molecular weight is 393 g/mol. The standard InChI is InChI=1S/C19H15N5O3S/c1-12(25)15-8-20-16(28-15)10-24-9-14(7-22-24)23-19(26)17-18(27-11-21-17)13-5-3-2-4-6-13/h2-9,11H,10H2,1H3,(H,23,26). The second-order valence-electron chi connectivity index (χ2n) is 5.95. The molecule has 0 fully saturated rings. The Morgan fingerprint density at radius 3 is 2.75 bits per heavy atom. The lowest BCUT2D eigenvalue weighted by atomic mass is 10.1. The first-order valence-corrected chi connectivity index (χ1v) is 9.20. The van der Waals surface area contributed by atoms with Crippen molar-refractivity contribution in [2.75, 3.05) is 5.32 Å². The summed E-state index contributed by atoms with van der Waals surface area (Å²) >= 11 is 1.33. The van der Waals surface area contributed by atoms with Crippen LogP contribution >= 0.6 is 11.3 Å². The van der Waals surface area contributed by atoms with Crippen molar-refractivity contribution >= 4 is 28.7 Å². The van der Waals surface area contributed by atoms with E-state index in [2.05, 4.69) is 20.4 Å². The maximum atomic E-state index is 12.6. The summed E-state index contributed by atoms with van der Waals surface area (Å²) in [7, 11) is 0. The van der Waals surface area contributed by atoms with Gasteiger partial charge < -0.3 is 9.73 Å². The van der Waals surface area contributed by atoms with Crippen molar-refractivity contribution < 1.29 is 14.0 Å². The van der Waals surface area contributed by atoms with Gasteiger partial charge in [0.1, 0.15) is 5.01 Å². The molecule has 0 aliphatic rings. The molecule has 0 aliphatic carbocycles. The Morgan fingerprint density at radius 1 is 1.18 bits per heavy atom. The van der Waals surface area contributed by atoms with Crippen LogP contribution in [0.25, 0.3) is 11.3 Å². The topological polar surface area (TPSA) is 103 Å². The molecule has 8 nitrogen and oxygen atoms in total. The van der Waals surface area contributed by atoms with Gasteiger partial charge in [0.25, 0.3) is 5.91 Å². The highest BCUT2D eigenvalue weighted by atomic mass is 32.1. The van der Waals surface area contributed by atoms with Crippen molar-refractivity contribution in [3.63, 3.8) is 0 Å². The van der Waals surface area contributed by atoms with Crippen LogP contribution in [0.1, 0.15) is 32.1 Å². The van der Waals surface area contributed by atoms with Gasteiger partial charge in [-0.3, -0.25) is 14.3 Å². The maximum Gasteiger partial charge on any atom is 0.278 e. The van der Waals surface area contributed by atoms with Crippen LogP contribution in [0.4, 0.5) is 5.69 Å². The Labute approximate surface area is 163 Å². The first kappa shape index (κ1) is 17.8. The zero-order chi connectivity index (χ0) is 19.5. The molecular formula is C19H15N5O3S. The third-order valence-corrected chi connectivity index (χ3v) is 4.99. The van der Waals surface area contributed by atoms with Gasteiger partial charge in [-0.1, -0.05) is 30.3 Å². The largest absolute Gasteiger partial charge is 0.443 e. The highest BCUT2D eigenvalue weighted by Gasteiger charge is 2.19.